The molecule has 0 aliphatic carbocycles. The minimum Gasteiger partial charge on any atom is -0.459 e. The molecule has 1 aromatic rings. The molecule has 1 aromatic heterocycles. The summed E-state index contributed by atoms with van der Waals surface area (Å²) in [5.41, 5.74) is 0.331. The van der Waals surface area contributed by atoms with Crippen LogP contribution in [0.2, 0.25) is 0 Å². The lowest BCUT2D eigenvalue weighted by Crippen LogP contribution is -2.37. The first kappa shape index (κ1) is 15.1. The lowest BCUT2D eigenvalue weighted by Gasteiger charge is -2.30. The summed E-state index contributed by atoms with van der Waals surface area (Å²) in [7, 11) is 0. The van der Waals surface area contributed by atoms with Gasteiger partial charge in [0, 0.05) is 12.1 Å². The number of nitrogens with one attached hydrogen (secondary N) is 1. The molecule has 0 aromatic carbocycles. The van der Waals surface area contributed by atoms with Crippen LogP contribution in [-0.2, 0) is 9.53 Å². The van der Waals surface area contributed by atoms with Crippen molar-refractivity contribution in [2.24, 2.45) is 0 Å². The van der Waals surface area contributed by atoms with Crippen LogP contribution in [0.25, 0.3) is 0 Å². The van der Waals surface area contributed by atoms with Crippen molar-refractivity contribution in [2.75, 3.05) is 0 Å². The minimum atomic E-state index is -0.665. The average Bonchev–Trinajstić information content (AvgIpc) is 2.66. The lowest BCUT2D eigenvalue weighted by atomic mass is 9.92. The first-order valence-electron chi connectivity index (χ1n) is 5.90. The first-order chi connectivity index (χ1) is 8.12. The van der Waals surface area contributed by atoms with Crippen LogP contribution in [0.3, 0.4) is 0 Å². The number of alkyl halides is 1. The van der Waals surface area contributed by atoms with Crippen molar-refractivity contribution >= 4 is 21.9 Å². The summed E-state index contributed by atoms with van der Waals surface area (Å²) in [4.78, 5) is 11.8. The maximum atomic E-state index is 11.8. The van der Waals surface area contributed by atoms with Gasteiger partial charge in [-0.3, -0.25) is 9.89 Å². The van der Waals surface area contributed by atoms with Crippen LogP contribution in [0.5, 0.6) is 0 Å². The van der Waals surface area contributed by atoms with E-state index in [0.717, 1.165) is 5.69 Å². The van der Waals surface area contributed by atoms with Crippen molar-refractivity contribution in [3.63, 3.8) is 0 Å². The molecule has 0 aliphatic heterocycles. The molecule has 0 spiro atoms. The molecule has 1 heterocycles. The number of esters is 1. The van der Waals surface area contributed by atoms with Gasteiger partial charge in [0.15, 0.2) is 0 Å². The Morgan fingerprint density at radius 3 is 2.56 bits per heavy atom. The summed E-state index contributed by atoms with van der Waals surface area (Å²) in [6.45, 7) is 9.38. The fourth-order valence-electron chi connectivity index (χ4n) is 1.71. The molecule has 102 valence electrons. The van der Waals surface area contributed by atoms with E-state index < -0.39 is 9.93 Å². The van der Waals surface area contributed by atoms with Crippen molar-refractivity contribution in [1.29, 1.82) is 0 Å². The standard InChI is InChI=1S/C12H20BrN3O2/c1-8(9-7-14-16-15-9)6-11(2,3)18-10(17)12(4,5)13/h7-8H,6H2,1-5H3,(H,14,15,16). The summed E-state index contributed by atoms with van der Waals surface area (Å²) in [6, 6.07) is 0. The monoisotopic (exact) mass is 317 g/mol. The van der Waals surface area contributed by atoms with Gasteiger partial charge in [0.25, 0.3) is 0 Å². The van der Waals surface area contributed by atoms with Gasteiger partial charge in [0.1, 0.15) is 9.93 Å². The number of aromatic nitrogens is 3. The summed E-state index contributed by atoms with van der Waals surface area (Å²) < 4.78 is 4.86. The molecule has 0 saturated heterocycles. The highest BCUT2D eigenvalue weighted by atomic mass is 79.9. The van der Waals surface area contributed by atoms with Crippen LogP contribution in [0.4, 0.5) is 0 Å². The number of hydrogen-bond donors (Lipinski definition) is 1. The van der Waals surface area contributed by atoms with Crippen molar-refractivity contribution in [3.8, 4) is 0 Å². The largest absolute Gasteiger partial charge is 0.459 e. The first-order valence-corrected chi connectivity index (χ1v) is 6.70. The second kappa shape index (κ2) is 5.38. The number of H-pyrrole nitrogens is 1. The highest BCUT2D eigenvalue weighted by Gasteiger charge is 2.33. The van der Waals surface area contributed by atoms with Gasteiger partial charge in [-0.2, -0.15) is 0 Å². The van der Waals surface area contributed by atoms with Gasteiger partial charge in [0.05, 0.1) is 5.69 Å². The van der Waals surface area contributed by atoms with E-state index in [2.05, 4.69) is 31.3 Å². The van der Waals surface area contributed by atoms with Gasteiger partial charge in [-0.25, -0.2) is 0 Å². The number of aromatic amines is 1. The number of halogens is 1. The molecular formula is C12H20BrN3O2. The van der Waals surface area contributed by atoms with E-state index in [0.29, 0.717) is 6.42 Å². The van der Waals surface area contributed by atoms with Gasteiger partial charge < -0.3 is 4.74 Å². The Bertz CT molecular complexity index is 396. The Labute approximate surface area is 116 Å². The normalized spacial score (nSPS) is 14.3. The number of rotatable bonds is 5. The number of nitrogens with zero attached hydrogens (tertiary/aromatic N) is 2. The molecular weight excluding hydrogens is 298 g/mol. The molecule has 0 fully saturated rings. The average molecular weight is 318 g/mol. The Kier molecular flexibility index (Phi) is 4.53. The van der Waals surface area contributed by atoms with Crippen LogP contribution in [0, 0.1) is 0 Å². The Morgan fingerprint density at radius 2 is 2.11 bits per heavy atom. The zero-order chi connectivity index (χ0) is 14.0. The third-order valence-electron chi connectivity index (χ3n) is 2.59. The molecule has 6 heteroatoms. The maximum Gasteiger partial charge on any atom is 0.322 e. The topological polar surface area (TPSA) is 67.9 Å². The Balaban J connectivity index is 2.62. The molecule has 0 bridgehead atoms. The third-order valence-corrected chi connectivity index (χ3v) is 2.92. The maximum absolute atomic E-state index is 11.8. The summed E-state index contributed by atoms with van der Waals surface area (Å²) >= 11 is 3.30. The van der Waals surface area contributed by atoms with Gasteiger partial charge in [0.2, 0.25) is 0 Å². The summed E-state index contributed by atoms with van der Waals surface area (Å²) in [6.07, 6.45) is 2.45. The van der Waals surface area contributed by atoms with E-state index in [4.69, 9.17) is 4.74 Å². The van der Waals surface area contributed by atoms with Crippen LogP contribution >= 0.6 is 15.9 Å². The third kappa shape index (κ3) is 4.40. The van der Waals surface area contributed by atoms with E-state index in [9.17, 15) is 4.79 Å². The molecule has 1 rings (SSSR count). The smallest absolute Gasteiger partial charge is 0.322 e. The van der Waals surface area contributed by atoms with Gasteiger partial charge in [-0.05, 0) is 34.1 Å². The second-order valence-electron chi connectivity index (χ2n) is 5.63. The predicted molar refractivity (Wildman–Crippen MR) is 72.6 cm³/mol. The fourth-order valence-corrected chi connectivity index (χ4v) is 1.79. The molecule has 5 nitrogen and oxygen atoms in total. The van der Waals surface area contributed by atoms with E-state index in [-0.39, 0.29) is 11.9 Å². The van der Waals surface area contributed by atoms with Crippen molar-refractivity contribution in [2.45, 2.75) is 56.9 Å². The fraction of sp³-hybridized carbons (Fsp3) is 0.750. The van der Waals surface area contributed by atoms with E-state index in [1.54, 1.807) is 20.0 Å². The van der Waals surface area contributed by atoms with Crippen molar-refractivity contribution < 1.29 is 9.53 Å². The highest BCUT2D eigenvalue weighted by molar-refractivity contribution is 9.10. The van der Waals surface area contributed by atoms with Gasteiger partial charge in [-0.15, -0.1) is 5.10 Å². The van der Waals surface area contributed by atoms with Crippen LogP contribution in [0.1, 0.15) is 52.7 Å². The number of hydrogen-bond acceptors (Lipinski definition) is 4. The Hall–Kier alpha value is -0.910. The molecule has 0 saturated carbocycles. The Morgan fingerprint density at radius 1 is 1.50 bits per heavy atom. The van der Waals surface area contributed by atoms with Crippen molar-refractivity contribution in [3.05, 3.63) is 11.9 Å². The SMILES string of the molecule is CC(CC(C)(C)OC(=O)C(C)(C)Br)c1c[nH]nn1. The molecule has 18 heavy (non-hydrogen) atoms. The minimum absolute atomic E-state index is 0.171. The number of ether oxygens (including phenoxy) is 1. The van der Waals surface area contributed by atoms with E-state index in [1.165, 1.54) is 0 Å². The summed E-state index contributed by atoms with van der Waals surface area (Å²) in [5, 5.41) is 10.3. The van der Waals surface area contributed by atoms with Gasteiger partial charge in [-0.1, -0.05) is 28.1 Å². The van der Waals surface area contributed by atoms with E-state index >= 15 is 0 Å². The molecule has 0 radical (unpaired) electrons. The van der Waals surface area contributed by atoms with Gasteiger partial charge >= 0.3 is 5.97 Å². The molecule has 1 N–H and O–H groups in total. The molecule has 1 atom stereocenters. The highest BCUT2D eigenvalue weighted by Crippen LogP contribution is 2.29. The number of carbonyl (C=O) groups is 1. The number of carbonyl (C=O) groups excluding carboxylic acids is 1. The van der Waals surface area contributed by atoms with Crippen LogP contribution in [-0.4, -0.2) is 31.3 Å². The zero-order valence-electron chi connectivity index (χ0n) is 11.5. The zero-order valence-corrected chi connectivity index (χ0v) is 13.0. The quantitative estimate of drug-likeness (QED) is 0.669. The van der Waals surface area contributed by atoms with Crippen molar-refractivity contribution in [1.82, 2.24) is 15.4 Å². The molecule has 0 aliphatic rings. The van der Waals surface area contributed by atoms with E-state index in [1.807, 2.05) is 20.8 Å². The predicted octanol–water partition coefficient (Wildman–Crippen LogP) is 2.79. The van der Waals surface area contributed by atoms with Crippen LogP contribution < -0.4 is 0 Å². The lowest BCUT2D eigenvalue weighted by molar-refractivity contribution is -0.159. The summed E-state index contributed by atoms with van der Waals surface area (Å²) in [5.74, 6) is -0.0927. The van der Waals surface area contributed by atoms with Crippen LogP contribution in [0.15, 0.2) is 6.20 Å². The molecule has 1 unspecified atom stereocenters. The molecule has 0 amide bonds. The second-order valence-corrected chi connectivity index (χ2v) is 7.61.